The molecule has 0 amide bonds. The number of carbonyl (C=O) groups is 1. The zero-order chi connectivity index (χ0) is 23.7. The van der Waals surface area contributed by atoms with Crippen LogP contribution in [-0.4, -0.2) is 32.7 Å². The lowest BCUT2D eigenvalue weighted by Crippen LogP contribution is -2.13. The molecular formula is C25H27NO6S. The highest BCUT2D eigenvalue weighted by atomic mass is 32.2. The van der Waals surface area contributed by atoms with Crippen molar-refractivity contribution in [2.45, 2.75) is 31.1 Å². The van der Waals surface area contributed by atoms with Crippen LogP contribution in [0, 0.1) is 0 Å². The van der Waals surface area contributed by atoms with Crippen molar-refractivity contribution >= 4 is 21.7 Å². The number of aliphatic carboxylic acids is 1. The van der Waals surface area contributed by atoms with Crippen molar-refractivity contribution in [1.29, 1.82) is 0 Å². The van der Waals surface area contributed by atoms with Crippen LogP contribution in [0.5, 0.6) is 11.5 Å². The van der Waals surface area contributed by atoms with Crippen molar-refractivity contribution in [2.75, 3.05) is 17.9 Å². The van der Waals surface area contributed by atoms with E-state index < -0.39 is 16.0 Å². The Balaban J connectivity index is 1.51. The average molecular weight is 470 g/mol. The second kappa shape index (κ2) is 11.4. The number of rotatable bonds is 12. The van der Waals surface area contributed by atoms with Gasteiger partial charge in [-0.3, -0.25) is 9.52 Å². The number of benzene rings is 3. The minimum Gasteiger partial charge on any atom is -0.490 e. The van der Waals surface area contributed by atoms with Crippen LogP contribution in [0.1, 0.15) is 24.5 Å². The third-order valence-electron chi connectivity index (χ3n) is 4.80. The Morgan fingerprint density at radius 2 is 1.58 bits per heavy atom. The van der Waals surface area contributed by atoms with Crippen LogP contribution < -0.4 is 14.2 Å². The highest BCUT2D eigenvalue weighted by molar-refractivity contribution is 7.92. The number of nitrogens with one attached hydrogen (secondary N) is 1. The van der Waals surface area contributed by atoms with Crippen molar-refractivity contribution in [2.24, 2.45) is 0 Å². The summed E-state index contributed by atoms with van der Waals surface area (Å²) >= 11 is 0. The van der Waals surface area contributed by atoms with Gasteiger partial charge in [0.1, 0.15) is 24.7 Å². The largest absolute Gasteiger partial charge is 0.490 e. The van der Waals surface area contributed by atoms with Crippen molar-refractivity contribution in [3.63, 3.8) is 0 Å². The van der Waals surface area contributed by atoms with Gasteiger partial charge in [-0.2, -0.15) is 0 Å². The first-order valence-corrected chi connectivity index (χ1v) is 12.1. The minimum atomic E-state index is -3.67. The molecule has 0 aliphatic heterocycles. The van der Waals surface area contributed by atoms with Crippen LogP contribution in [0.25, 0.3) is 0 Å². The zero-order valence-corrected chi connectivity index (χ0v) is 19.2. The predicted octanol–water partition coefficient (Wildman–Crippen LogP) is 4.52. The third kappa shape index (κ3) is 7.25. The lowest BCUT2D eigenvalue weighted by Gasteiger charge is -2.12. The van der Waals surface area contributed by atoms with Crippen LogP contribution >= 0.6 is 0 Å². The zero-order valence-electron chi connectivity index (χ0n) is 18.4. The molecule has 0 bridgehead atoms. The number of hydrogen-bond donors (Lipinski definition) is 2. The number of hydrogen-bond acceptors (Lipinski definition) is 5. The Hall–Kier alpha value is -3.52. The van der Waals surface area contributed by atoms with E-state index in [1.54, 1.807) is 60.7 Å². The fourth-order valence-corrected chi connectivity index (χ4v) is 4.28. The van der Waals surface area contributed by atoms with Gasteiger partial charge < -0.3 is 14.6 Å². The molecule has 0 radical (unpaired) electrons. The molecule has 3 aromatic carbocycles. The average Bonchev–Trinajstić information content (AvgIpc) is 2.79. The predicted molar refractivity (Wildman–Crippen MR) is 126 cm³/mol. The van der Waals surface area contributed by atoms with Crippen molar-refractivity contribution in [3.05, 3.63) is 83.9 Å². The summed E-state index contributed by atoms with van der Waals surface area (Å²) in [6.45, 7) is 2.56. The van der Waals surface area contributed by atoms with Gasteiger partial charge in [0, 0.05) is 11.3 Å². The number of sulfonamides is 1. The quantitative estimate of drug-likeness (QED) is 0.378. The summed E-state index contributed by atoms with van der Waals surface area (Å²) in [5.74, 6) is 0.145. The molecule has 0 saturated heterocycles. The fraction of sp³-hybridized carbons (Fsp3) is 0.240. The second-order valence-corrected chi connectivity index (χ2v) is 9.08. The number of anilines is 1. The van der Waals surface area contributed by atoms with E-state index in [-0.39, 0.29) is 24.5 Å². The minimum absolute atomic E-state index is 0.114. The first-order valence-electron chi connectivity index (χ1n) is 10.6. The van der Waals surface area contributed by atoms with Gasteiger partial charge in [0.15, 0.2) is 0 Å². The first-order chi connectivity index (χ1) is 15.9. The molecule has 0 aliphatic rings. The summed E-state index contributed by atoms with van der Waals surface area (Å²) in [5, 5.41) is 8.98. The number of ether oxygens (including phenoxy) is 2. The van der Waals surface area contributed by atoms with Crippen LogP contribution in [-0.2, 0) is 27.7 Å². The highest BCUT2D eigenvalue weighted by Gasteiger charge is 2.14. The monoisotopic (exact) mass is 469 g/mol. The highest BCUT2D eigenvalue weighted by Crippen LogP contribution is 2.21. The molecule has 0 saturated carbocycles. The third-order valence-corrected chi connectivity index (χ3v) is 6.20. The van der Waals surface area contributed by atoms with E-state index in [4.69, 9.17) is 14.6 Å². The molecule has 0 spiro atoms. The van der Waals surface area contributed by atoms with Crippen molar-refractivity contribution in [1.82, 2.24) is 0 Å². The van der Waals surface area contributed by atoms with Crippen LogP contribution in [0.3, 0.4) is 0 Å². The lowest BCUT2D eigenvalue weighted by atomic mass is 10.1. The van der Waals surface area contributed by atoms with E-state index in [0.29, 0.717) is 22.7 Å². The van der Waals surface area contributed by atoms with Gasteiger partial charge >= 0.3 is 5.97 Å². The number of para-hydroxylation sites is 1. The summed E-state index contributed by atoms with van der Waals surface area (Å²) in [6.07, 6.45) is 1.80. The molecule has 0 heterocycles. The number of carboxylic acid groups (broad SMARTS) is 1. The van der Waals surface area contributed by atoms with Crippen LogP contribution in [0.4, 0.5) is 5.69 Å². The van der Waals surface area contributed by atoms with Gasteiger partial charge in [-0.1, -0.05) is 43.7 Å². The van der Waals surface area contributed by atoms with Crippen molar-refractivity contribution in [3.8, 4) is 11.5 Å². The molecular weight excluding hydrogens is 442 g/mol. The van der Waals surface area contributed by atoms with E-state index in [1.165, 1.54) is 0 Å². The standard InChI is InChI=1S/C25H27NO6S/c1-2-5-19-8-14-23(15-9-19)33(29,30)26-21-10-12-22(13-11-21)31-16-17-32-24-7-4-3-6-20(24)18-25(27)28/h3-4,6-15,26H,2,5,16-18H2,1H3,(H,27,28). The fourth-order valence-electron chi connectivity index (χ4n) is 3.22. The Bertz CT molecular complexity index is 1160. The van der Waals surface area contributed by atoms with Gasteiger partial charge in [0.25, 0.3) is 10.0 Å². The molecule has 33 heavy (non-hydrogen) atoms. The lowest BCUT2D eigenvalue weighted by molar-refractivity contribution is -0.136. The Morgan fingerprint density at radius 1 is 0.909 bits per heavy atom. The molecule has 0 aliphatic carbocycles. The normalized spacial score (nSPS) is 11.1. The van der Waals surface area contributed by atoms with Gasteiger partial charge in [-0.05, 0) is 54.4 Å². The van der Waals surface area contributed by atoms with Gasteiger partial charge in [-0.15, -0.1) is 0 Å². The summed E-state index contributed by atoms with van der Waals surface area (Å²) < 4.78 is 39.0. The molecule has 0 atom stereocenters. The molecule has 0 unspecified atom stereocenters. The Labute approximate surface area is 194 Å². The van der Waals surface area contributed by atoms with Gasteiger partial charge in [0.05, 0.1) is 11.3 Å². The summed E-state index contributed by atoms with van der Waals surface area (Å²) in [7, 11) is -3.67. The molecule has 8 heteroatoms. The van der Waals surface area contributed by atoms with E-state index >= 15 is 0 Å². The van der Waals surface area contributed by atoms with Crippen molar-refractivity contribution < 1.29 is 27.8 Å². The van der Waals surface area contributed by atoms with Gasteiger partial charge in [0.2, 0.25) is 0 Å². The van der Waals surface area contributed by atoms with E-state index in [2.05, 4.69) is 11.6 Å². The molecule has 174 valence electrons. The SMILES string of the molecule is CCCc1ccc(S(=O)(=O)Nc2ccc(OCCOc3ccccc3CC(=O)O)cc2)cc1. The topological polar surface area (TPSA) is 102 Å². The summed E-state index contributed by atoms with van der Waals surface area (Å²) in [4.78, 5) is 11.2. The first kappa shape index (κ1) is 24.1. The van der Waals surface area contributed by atoms with E-state index in [1.807, 2.05) is 12.1 Å². The maximum absolute atomic E-state index is 12.6. The molecule has 0 aromatic heterocycles. The molecule has 0 fully saturated rings. The number of carboxylic acids is 1. The Kier molecular flexibility index (Phi) is 8.32. The summed E-state index contributed by atoms with van der Waals surface area (Å²) in [6, 6.07) is 20.4. The smallest absolute Gasteiger partial charge is 0.307 e. The van der Waals surface area contributed by atoms with Crippen LogP contribution in [0.2, 0.25) is 0 Å². The molecule has 3 aromatic rings. The van der Waals surface area contributed by atoms with Crippen LogP contribution in [0.15, 0.2) is 77.7 Å². The molecule has 7 nitrogen and oxygen atoms in total. The maximum atomic E-state index is 12.6. The maximum Gasteiger partial charge on any atom is 0.307 e. The number of aryl methyl sites for hydroxylation is 1. The van der Waals surface area contributed by atoms with E-state index in [9.17, 15) is 13.2 Å². The molecule has 2 N–H and O–H groups in total. The molecule has 3 rings (SSSR count). The Morgan fingerprint density at radius 3 is 2.24 bits per heavy atom. The van der Waals surface area contributed by atoms with Gasteiger partial charge in [-0.25, -0.2) is 8.42 Å². The van der Waals surface area contributed by atoms with E-state index in [0.717, 1.165) is 18.4 Å². The second-order valence-electron chi connectivity index (χ2n) is 7.40. The summed E-state index contributed by atoms with van der Waals surface area (Å²) in [5.41, 5.74) is 2.13.